The van der Waals surface area contributed by atoms with Crippen LogP contribution in [0.25, 0.3) is 60.5 Å². The average Bonchev–Trinajstić information content (AvgIpc) is 3.64. The van der Waals surface area contributed by atoms with Crippen LogP contribution in [0.4, 0.5) is 17.1 Å². The number of aromatic nitrogens is 1. The van der Waals surface area contributed by atoms with Crippen molar-refractivity contribution in [3.8, 4) is 27.9 Å². The number of hydrogen-bond acceptors (Lipinski definition) is 1. The molecule has 242 valence electrons. The van der Waals surface area contributed by atoms with Crippen LogP contribution in [-0.2, 0) is 5.41 Å². The fourth-order valence-corrected chi connectivity index (χ4v) is 8.57. The number of fused-ring (bicyclic) bond motifs is 7. The van der Waals surface area contributed by atoms with Crippen molar-refractivity contribution in [1.82, 2.24) is 4.57 Å². The van der Waals surface area contributed by atoms with Crippen LogP contribution in [0.2, 0.25) is 0 Å². The van der Waals surface area contributed by atoms with Gasteiger partial charge in [-0.05, 0) is 87.3 Å². The summed E-state index contributed by atoms with van der Waals surface area (Å²) in [6, 6.07) is 66.6. The van der Waals surface area contributed by atoms with Gasteiger partial charge in [0.15, 0.2) is 0 Å². The van der Waals surface area contributed by atoms with Crippen LogP contribution in [0.5, 0.6) is 0 Å². The lowest BCUT2D eigenvalue weighted by molar-refractivity contribution is 0.660. The van der Waals surface area contributed by atoms with Gasteiger partial charge in [0, 0.05) is 38.6 Å². The van der Waals surface area contributed by atoms with Crippen LogP contribution in [0, 0.1) is 0 Å². The van der Waals surface area contributed by atoms with Gasteiger partial charge in [-0.15, -0.1) is 0 Å². The first-order valence-electron chi connectivity index (χ1n) is 17.8. The van der Waals surface area contributed by atoms with E-state index in [1.54, 1.807) is 0 Å². The third kappa shape index (κ3) is 4.50. The van der Waals surface area contributed by atoms with Crippen molar-refractivity contribution in [2.45, 2.75) is 19.3 Å². The van der Waals surface area contributed by atoms with Crippen molar-refractivity contribution in [2.24, 2.45) is 0 Å². The Bertz CT molecular complexity index is 2760. The summed E-state index contributed by atoms with van der Waals surface area (Å²) in [5.74, 6) is 0. The highest BCUT2D eigenvalue weighted by Gasteiger charge is 2.36. The van der Waals surface area contributed by atoms with Crippen molar-refractivity contribution in [3.05, 3.63) is 193 Å². The molecule has 0 atom stereocenters. The Labute approximate surface area is 298 Å². The van der Waals surface area contributed by atoms with E-state index in [4.69, 9.17) is 0 Å². The number of para-hydroxylation sites is 2. The Morgan fingerprint density at radius 2 is 1.08 bits per heavy atom. The van der Waals surface area contributed by atoms with E-state index in [-0.39, 0.29) is 5.41 Å². The molecule has 8 aromatic carbocycles. The number of hydrogen-bond donors (Lipinski definition) is 0. The predicted molar refractivity (Wildman–Crippen MR) is 216 cm³/mol. The predicted octanol–water partition coefficient (Wildman–Crippen LogP) is 13.4. The van der Waals surface area contributed by atoms with Crippen LogP contribution < -0.4 is 4.90 Å². The van der Waals surface area contributed by atoms with E-state index >= 15 is 0 Å². The number of anilines is 3. The molecule has 9 aromatic rings. The molecule has 1 aliphatic carbocycles. The third-order valence-corrected chi connectivity index (χ3v) is 11.0. The Morgan fingerprint density at radius 3 is 1.94 bits per heavy atom. The summed E-state index contributed by atoms with van der Waals surface area (Å²) in [6.45, 7) is 4.70. The summed E-state index contributed by atoms with van der Waals surface area (Å²) in [4.78, 5) is 2.42. The Balaban J connectivity index is 1.17. The van der Waals surface area contributed by atoms with E-state index < -0.39 is 0 Å². The Morgan fingerprint density at radius 1 is 0.451 bits per heavy atom. The molecule has 0 unspecified atom stereocenters. The maximum Gasteiger partial charge on any atom is 0.0561 e. The lowest BCUT2D eigenvalue weighted by atomic mass is 9.82. The summed E-state index contributed by atoms with van der Waals surface area (Å²) in [6.07, 6.45) is 0. The minimum atomic E-state index is -0.0338. The normalized spacial score (nSPS) is 13.1. The van der Waals surface area contributed by atoms with Crippen molar-refractivity contribution in [1.29, 1.82) is 0 Å². The second-order valence-corrected chi connectivity index (χ2v) is 14.2. The third-order valence-electron chi connectivity index (χ3n) is 11.0. The van der Waals surface area contributed by atoms with Crippen LogP contribution in [-0.4, -0.2) is 4.57 Å². The van der Waals surface area contributed by atoms with E-state index in [0.29, 0.717) is 0 Å². The number of nitrogens with zero attached hydrogens (tertiary/aromatic N) is 2. The second-order valence-electron chi connectivity index (χ2n) is 14.2. The van der Waals surface area contributed by atoms with Crippen LogP contribution in [0.1, 0.15) is 25.0 Å². The van der Waals surface area contributed by atoms with E-state index in [2.05, 4.69) is 205 Å². The zero-order chi connectivity index (χ0) is 34.1. The lowest BCUT2D eigenvalue weighted by Gasteiger charge is -2.27. The summed E-state index contributed by atoms with van der Waals surface area (Å²) in [5, 5.41) is 4.93. The van der Waals surface area contributed by atoms with E-state index in [9.17, 15) is 0 Å². The van der Waals surface area contributed by atoms with Gasteiger partial charge in [0.25, 0.3) is 0 Å². The molecule has 0 radical (unpaired) electrons. The van der Waals surface area contributed by atoms with Crippen molar-refractivity contribution in [3.63, 3.8) is 0 Å². The van der Waals surface area contributed by atoms with Gasteiger partial charge in [-0.1, -0.05) is 147 Å². The maximum absolute atomic E-state index is 2.42. The molecule has 0 spiro atoms. The molecule has 0 N–H and O–H groups in total. The smallest absolute Gasteiger partial charge is 0.0561 e. The summed E-state index contributed by atoms with van der Waals surface area (Å²) in [5.41, 5.74) is 14.9. The zero-order valence-electron chi connectivity index (χ0n) is 28.7. The molecule has 0 bridgehead atoms. The fourth-order valence-electron chi connectivity index (χ4n) is 8.57. The average molecular weight is 653 g/mol. The molecule has 2 heteroatoms. The molecule has 51 heavy (non-hydrogen) atoms. The van der Waals surface area contributed by atoms with Crippen molar-refractivity contribution >= 4 is 49.6 Å². The fraction of sp³-hybridized carbons (Fsp3) is 0.0612. The molecule has 10 rings (SSSR count). The lowest BCUT2D eigenvalue weighted by Crippen LogP contribution is -2.14. The molecular formula is C49H36N2. The highest BCUT2D eigenvalue weighted by Crippen LogP contribution is 2.52. The molecule has 2 nitrogen and oxygen atoms in total. The first-order valence-corrected chi connectivity index (χ1v) is 17.8. The molecule has 1 heterocycles. The zero-order valence-corrected chi connectivity index (χ0v) is 28.7. The Kier molecular flexibility index (Phi) is 6.56. The molecule has 0 aliphatic heterocycles. The summed E-state index contributed by atoms with van der Waals surface area (Å²) >= 11 is 0. The SMILES string of the molecule is CC1(C)c2ccccc2-c2c(-c3ccc(N(c4ccc5c6ccccc6n(-c6ccccc6)c5c4)c4cccc5ccccc45)cc3)cccc21. The van der Waals surface area contributed by atoms with E-state index in [0.717, 1.165) is 22.7 Å². The molecule has 0 saturated heterocycles. The maximum atomic E-state index is 2.42. The molecule has 1 aliphatic rings. The van der Waals surface area contributed by atoms with Gasteiger partial charge in [-0.3, -0.25) is 0 Å². The minimum Gasteiger partial charge on any atom is -0.310 e. The van der Waals surface area contributed by atoms with Gasteiger partial charge < -0.3 is 9.47 Å². The highest BCUT2D eigenvalue weighted by molar-refractivity contribution is 6.11. The van der Waals surface area contributed by atoms with Crippen LogP contribution in [0.3, 0.4) is 0 Å². The van der Waals surface area contributed by atoms with Crippen LogP contribution in [0.15, 0.2) is 182 Å². The monoisotopic (exact) mass is 652 g/mol. The van der Waals surface area contributed by atoms with Gasteiger partial charge in [0.1, 0.15) is 0 Å². The Hall–Kier alpha value is -6.38. The van der Waals surface area contributed by atoms with Gasteiger partial charge in [0.2, 0.25) is 0 Å². The van der Waals surface area contributed by atoms with Gasteiger partial charge >= 0.3 is 0 Å². The molecule has 0 amide bonds. The molecule has 0 fully saturated rings. The number of benzene rings is 8. The minimum absolute atomic E-state index is 0.0338. The summed E-state index contributed by atoms with van der Waals surface area (Å²) < 4.78 is 2.40. The van der Waals surface area contributed by atoms with Crippen LogP contribution >= 0.6 is 0 Å². The summed E-state index contributed by atoms with van der Waals surface area (Å²) in [7, 11) is 0. The number of rotatable bonds is 5. The topological polar surface area (TPSA) is 8.17 Å². The highest BCUT2D eigenvalue weighted by atomic mass is 15.1. The van der Waals surface area contributed by atoms with Crippen molar-refractivity contribution in [2.75, 3.05) is 4.90 Å². The van der Waals surface area contributed by atoms with Gasteiger partial charge in [-0.25, -0.2) is 0 Å². The quantitative estimate of drug-likeness (QED) is 0.180. The molecule has 1 aromatic heterocycles. The first-order chi connectivity index (χ1) is 25.1. The van der Waals surface area contributed by atoms with Gasteiger partial charge in [-0.2, -0.15) is 0 Å². The van der Waals surface area contributed by atoms with E-state index in [1.165, 1.54) is 66.0 Å². The largest absolute Gasteiger partial charge is 0.310 e. The molecule has 0 saturated carbocycles. The second kappa shape index (κ2) is 11.3. The standard InChI is InChI=1S/C49H36N2/c1-49(2)43-22-10-8-20-42(43)48-39(21-13-23-44(48)49)34-26-28-36(29-27-34)50(45-25-12-15-33-14-6-7-18-38(33)45)37-30-31-41-40-19-9-11-24-46(40)51(47(41)32-37)35-16-4-3-5-17-35/h3-32H,1-2H3. The van der Waals surface area contributed by atoms with Gasteiger partial charge in [0.05, 0.1) is 16.7 Å². The first kappa shape index (κ1) is 29.5. The van der Waals surface area contributed by atoms with E-state index in [1.807, 2.05) is 0 Å². The molecular weight excluding hydrogens is 617 g/mol. The van der Waals surface area contributed by atoms with Crippen molar-refractivity contribution < 1.29 is 0 Å².